The number of rotatable bonds is 7. The monoisotopic (exact) mass is 538 g/mol. The van der Waals surface area contributed by atoms with Crippen LogP contribution in [-0.2, 0) is 14.3 Å². The average Bonchev–Trinajstić information content (AvgIpc) is 3.15. The lowest BCUT2D eigenvalue weighted by molar-refractivity contribution is -0.138. The van der Waals surface area contributed by atoms with Crippen LogP contribution in [0.3, 0.4) is 0 Å². The molecule has 2 heterocycles. The molecule has 0 radical (unpaired) electrons. The molecule has 1 aromatic heterocycles. The summed E-state index contributed by atoms with van der Waals surface area (Å²) in [6.45, 7) is 6.56. The summed E-state index contributed by atoms with van der Waals surface area (Å²) in [4.78, 5) is 43.3. The maximum Gasteiger partial charge on any atom is 0.338 e. The first-order valence-electron chi connectivity index (χ1n) is 11.2. The first kappa shape index (κ1) is 26.1. The number of thiazole rings is 1. The van der Waals surface area contributed by atoms with E-state index in [1.54, 1.807) is 49.4 Å². The fraction of sp³-hybridized carbons (Fsp3) is 0.185. The molecule has 1 atom stereocenters. The van der Waals surface area contributed by atoms with Crippen LogP contribution in [0.2, 0.25) is 5.02 Å². The minimum Gasteiger partial charge on any atom is -0.493 e. The normalized spacial score (nSPS) is 15.0. The first-order valence-corrected chi connectivity index (χ1v) is 12.4. The summed E-state index contributed by atoms with van der Waals surface area (Å²) in [5.74, 6) is -0.659. The van der Waals surface area contributed by atoms with Gasteiger partial charge in [-0.15, -0.1) is 0 Å². The minimum absolute atomic E-state index is 0.00374. The lowest BCUT2D eigenvalue weighted by atomic mass is 9.95. The highest BCUT2D eigenvalue weighted by Gasteiger charge is 2.34. The Labute approximate surface area is 221 Å². The number of hydrogen-bond donors (Lipinski definition) is 0. The number of benzene rings is 2. The fourth-order valence-electron chi connectivity index (χ4n) is 3.95. The van der Waals surface area contributed by atoms with E-state index in [4.69, 9.17) is 25.8 Å². The number of aromatic nitrogens is 1. The van der Waals surface area contributed by atoms with Crippen LogP contribution in [0, 0.1) is 0 Å². The molecular weight excluding hydrogens is 516 g/mol. The second kappa shape index (κ2) is 11.0. The molecule has 37 heavy (non-hydrogen) atoms. The number of esters is 2. The van der Waals surface area contributed by atoms with Crippen molar-refractivity contribution in [1.29, 1.82) is 0 Å². The standard InChI is InChI=1S/C27H23ClN2O6S/c1-5-11-35-26(33)23-15(2)29-27-30(25(32)22(37-27)13-17-7-6-8-19(28)12-17)24(23)18-9-10-20(36-16(3)31)21(14-18)34-4/h5-10,12-14,24H,1,11H2,2-4H3. The van der Waals surface area contributed by atoms with Gasteiger partial charge in [0.15, 0.2) is 16.3 Å². The van der Waals surface area contributed by atoms with Gasteiger partial charge >= 0.3 is 11.9 Å². The van der Waals surface area contributed by atoms with E-state index >= 15 is 0 Å². The topological polar surface area (TPSA) is 96.2 Å². The predicted octanol–water partition coefficient (Wildman–Crippen LogP) is 3.55. The zero-order chi connectivity index (χ0) is 26.7. The fourth-order valence-corrected chi connectivity index (χ4v) is 5.20. The molecule has 0 fully saturated rings. The van der Waals surface area contributed by atoms with E-state index in [1.165, 1.54) is 36.0 Å². The number of carbonyl (C=O) groups is 2. The summed E-state index contributed by atoms with van der Waals surface area (Å²) >= 11 is 7.32. The lowest BCUT2D eigenvalue weighted by Crippen LogP contribution is -2.40. The molecule has 3 aromatic rings. The predicted molar refractivity (Wildman–Crippen MR) is 141 cm³/mol. The van der Waals surface area contributed by atoms with Crippen molar-refractivity contribution in [2.24, 2.45) is 4.99 Å². The van der Waals surface area contributed by atoms with Crippen LogP contribution >= 0.6 is 22.9 Å². The maximum absolute atomic E-state index is 13.7. The highest BCUT2D eigenvalue weighted by Crippen LogP contribution is 2.36. The third-order valence-corrected chi connectivity index (χ3v) is 6.70. The lowest BCUT2D eigenvalue weighted by Gasteiger charge is -2.25. The molecule has 1 unspecified atom stereocenters. The highest BCUT2D eigenvalue weighted by atomic mass is 35.5. The Morgan fingerprint density at radius 2 is 2.00 bits per heavy atom. The SMILES string of the molecule is C=CCOC(=O)C1=C(C)N=c2sc(=Cc3cccc(Cl)c3)c(=O)n2C1c1ccc(OC(C)=O)c(OC)c1. The number of nitrogens with zero attached hydrogens (tertiary/aromatic N) is 2. The number of halogens is 1. The van der Waals surface area contributed by atoms with Gasteiger partial charge in [-0.2, -0.15) is 0 Å². The molecule has 0 amide bonds. The molecule has 4 rings (SSSR count). The molecule has 0 saturated heterocycles. The molecule has 8 nitrogen and oxygen atoms in total. The molecule has 0 N–H and O–H groups in total. The van der Waals surface area contributed by atoms with Gasteiger partial charge < -0.3 is 14.2 Å². The molecule has 0 saturated carbocycles. The van der Waals surface area contributed by atoms with Gasteiger partial charge in [0, 0.05) is 11.9 Å². The summed E-state index contributed by atoms with van der Waals surface area (Å²) < 4.78 is 17.9. The molecule has 0 aliphatic carbocycles. The third kappa shape index (κ3) is 5.42. The van der Waals surface area contributed by atoms with Gasteiger partial charge in [0.2, 0.25) is 0 Å². The largest absolute Gasteiger partial charge is 0.493 e. The van der Waals surface area contributed by atoms with Crippen molar-refractivity contribution >= 4 is 41.0 Å². The van der Waals surface area contributed by atoms with Crippen molar-refractivity contribution in [3.63, 3.8) is 0 Å². The molecule has 1 aliphatic rings. The Kier molecular flexibility index (Phi) is 7.75. The summed E-state index contributed by atoms with van der Waals surface area (Å²) in [6, 6.07) is 11.1. The van der Waals surface area contributed by atoms with Crippen LogP contribution in [0.5, 0.6) is 11.5 Å². The van der Waals surface area contributed by atoms with Gasteiger partial charge in [0.25, 0.3) is 5.56 Å². The van der Waals surface area contributed by atoms with Crippen LogP contribution in [0.1, 0.15) is 31.0 Å². The number of carbonyl (C=O) groups excluding carboxylic acids is 2. The van der Waals surface area contributed by atoms with Crippen LogP contribution in [0.15, 0.2) is 76.2 Å². The second-order valence-corrected chi connectivity index (χ2v) is 9.47. The highest BCUT2D eigenvalue weighted by molar-refractivity contribution is 7.07. The molecule has 0 spiro atoms. The Balaban J connectivity index is 1.95. The van der Waals surface area contributed by atoms with Crippen molar-refractivity contribution in [2.45, 2.75) is 19.9 Å². The van der Waals surface area contributed by atoms with Gasteiger partial charge in [0.05, 0.1) is 29.0 Å². The smallest absolute Gasteiger partial charge is 0.338 e. The van der Waals surface area contributed by atoms with Crippen molar-refractivity contribution in [3.05, 3.63) is 102 Å². The van der Waals surface area contributed by atoms with E-state index in [2.05, 4.69) is 11.6 Å². The van der Waals surface area contributed by atoms with E-state index < -0.39 is 18.0 Å². The molecular formula is C27H23ClN2O6S. The van der Waals surface area contributed by atoms with Crippen molar-refractivity contribution in [1.82, 2.24) is 4.57 Å². The molecule has 1 aliphatic heterocycles. The molecule has 10 heteroatoms. The zero-order valence-corrected chi connectivity index (χ0v) is 21.9. The van der Waals surface area contributed by atoms with Gasteiger partial charge in [-0.3, -0.25) is 14.2 Å². The molecule has 2 aromatic carbocycles. The summed E-state index contributed by atoms with van der Waals surface area (Å²) in [7, 11) is 1.43. The Morgan fingerprint density at radius 1 is 1.22 bits per heavy atom. The average molecular weight is 539 g/mol. The summed E-state index contributed by atoms with van der Waals surface area (Å²) in [5.41, 5.74) is 1.58. The van der Waals surface area contributed by atoms with Crippen LogP contribution < -0.4 is 24.4 Å². The second-order valence-electron chi connectivity index (χ2n) is 8.03. The first-order chi connectivity index (χ1) is 17.7. The van der Waals surface area contributed by atoms with Crippen molar-refractivity contribution < 1.29 is 23.8 Å². The van der Waals surface area contributed by atoms with E-state index in [9.17, 15) is 14.4 Å². The van der Waals surface area contributed by atoms with E-state index in [-0.39, 0.29) is 29.2 Å². The summed E-state index contributed by atoms with van der Waals surface area (Å²) in [6.07, 6.45) is 3.19. The number of fused-ring (bicyclic) bond motifs is 1. The van der Waals surface area contributed by atoms with Gasteiger partial charge in [0.1, 0.15) is 6.61 Å². The van der Waals surface area contributed by atoms with Crippen LogP contribution in [0.4, 0.5) is 0 Å². The van der Waals surface area contributed by atoms with Crippen molar-refractivity contribution in [2.75, 3.05) is 13.7 Å². The van der Waals surface area contributed by atoms with E-state index in [0.717, 1.165) is 5.56 Å². The summed E-state index contributed by atoms with van der Waals surface area (Å²) in [5, 5.41) is 0.544. The maximum atomic E-state index is 13.7. The van der Waals surface area contributed by atoms with E-state index in [1.807, 2.05) is 6.07 Å². The van der Waals surface area contributed by atoms with Gasteiger partial charge in [-0.1, -0.05) is 53.8 Å². The Morgan fingerprint density at radius 3 is 2.68 bits per heavy atom. The van der Waals surface area contributed by atoms with E-state index in [0.29, 0.717) is 25.6 Å². The zero-order valence-electron chi connectivity index (χ0n) is 20.3. The number of hydrogen-bond acceptors (Lipinski definition) is 8. The third-order valence-electron chi connectivity index (χ3n) is 5.48. The number of ether oxygens (including phenoxy) is 3. The van der Waals surface area contributed by atoms with Gasteiger partial charge in [-0.05, 0) is 48.4 Å². The quantitative estimate of drug-likeness (QED) is 0.259. The number of allylic oxidation sites excluding steroid dienone is 1. The van der Waals surface area contributed by atoms with Crippen LogP contribution in [-0.4, -0.2) is 30.2 Å². The Bertz CT molecular complexity index is 1620. The Hall–Kier alpha value is -3.95. The molecule has 190 valence electrons. The van der Waals surface area contributed by atoms with Gasteiger partial charge in [-0.25, -0.2) is 9.79 Å². The van der Waals surface area contributed by atoms with Crippen molar-refractivity contribution in [3.8, 4) is 11.5 Å². The van der Waals surface area contributed by atoms with Crippen LogP contribution in [0.25, 0.3) is 6.08 Å². The minimum atomic E-state index is -0.865. The number of methoxy groups -OCH3 is 1. The molecule has 0 bridgehead atoms.